The Bertz CT molecular complexity index is 1110. The van der Waals surface area contributed by atoms with Gasteiger partial charge in [-0.3, -0.25) is 4.90 Å². The van der Waals surface area contributed by atoms with Gasteiger partial charge in [-0.05, 0) is 53.5 Å². The molecule has 0 unspecified atom stereocenters. The van der Waals surface area contributed by atoms with Gasteiger partial charge in [0.25, 0.3) is 0 Å². The molecule has 1 N–H and O–H groups in total. The van der Waals surface area contributed by atoms with Gasteiger partial charge in [0.15, 0.2) is 6.10 Å². The molecule has 1 amide bonds. The molecule has 0 aliphatic carbocycles. The largest absolute Gasteiger partial charge is 0.509 e. The standard InChI is InChI=1S/C24H30F3N3O6S/c1-22(2,3)35-20(32)30-12-16(34-21(33)36-23(4,5)6)17(31)15(30)11-13-7-9-14(10-8-13)18-28-29-19(37-18)24(25,26)27/h7-10,15-17,31H,11-12H2,1-6H3/t15-,16+,17+/m1/s1. The molecule has 0 radical (unpaired) electrons. The van der Waals surface area contributed by atoms with E-state index in [9.17, 15) is 27.9 Å². The maximum atomic E-state index is 12.9. The lowest BCUT2D eigenvalue weighted by molar-refractivity contribution is -0.138. The summed E-state index contributed by atoms with van der Waals surface area (Å²) in [6.45, 7) is 10.0. The second-order valence-electron chi connectivity index (χ2n) is 10.6. The molecule has 3 rings (SSSR count). The molecular weight excluding hydrogens is 515 g/mol. The van der Waals surface area contributed by atoms with Crippen LogP contribution >= 0.6 is 11.3 Å². The van der Waals surface area contributed by atoms with Crippen molar-refractivity contribution in [2.75, 3.05) is 6.54 Å². The molecule has 13 heteroatoms. The van der Waals surface area contributed by atoms with Gasteiger partial charge in [0, 0.05) is 5.56 Å². The number of likely N-dealkylation sites (tertiary alicyclic amines) is 1. The minimum absolute atomic E-state index is 0.108. The molecule has 0 spiro atoms. The molecule has 37 heavy (non-hydrogen) atoms. The summed E-state index contributed by atoms with van der Waals surface area (Å²) in [5.74, 6) is 0. The highest BCUT2D eigenvalue weighted by atomic mass is 32.1. The maximum absolute atomic E-state index is 12.9. The van der Waals surface area contributed by atoms with Crippen molar-refractivity contribution in [3.63, 3.8) is 0 Å². The zero-order chi connectivity index (χ0) is 27.8. The van der Waals surface area contributed by atoms with Crippen LogP contribution in [0.5, 0.6) is 0 Å². The van der Waals surface area contributed by atoms with Gasteiger partial charge in [0.2, 0.25) is 5.01 Å². The predicted octanol–water partition coefficient (Wildman–Crippen LogP) is 5.07. The van der Waals surface area contributed by atoms with Crippen molar-refractivity contribution in [2.24, 2.45) is 0 Å². The fourth-order valence-electron chi connectivity index (χ4n) is 3.61. The Balaban J connectivity index is 1.78. The molecule has 1 fully saturated rings. The van der Waals surface area contributed by atoms with Crippen LogP contribution in [0.25, 0.3) is 10.6 Å². The van der Waals surface area contributed by atoms with Crippen LogP contribution < -0.4 is 0 Å². The van der Waals surface area contributed by atoms with Crippen molar-refractivity contribution in [1.82, 2.24) is 15.1 Å². The summed E-state index contributed by atoms with van der Waals surface area (Å²) in [6, 6.07) is 5.69. The topological polar surface area (TPSA) is 111 Å². The summed E-state index contributed by atoms with van der Waals surface area (Å²) < 4.78 is 54.5. The van der Waals surface area contributed by atoms with Crippen molar-refractivity contribution in [1.29, 1.82) is 0 Å². The Kier molecular flexibility index (Phi) is 8.08. The van der Waals surface area contributed by atoms with Crippen LogP contribution in [0.1, 0.15) is 52.1 Å². The average molecular weight is 546 g/mol. The summed E-state index contributed by atoms with van der Waals surface area (Å²) in [4.78, 5) is 26.4. The Labute approximate surface area is 216 Å². The Morgan fingerprint density at radius 3 is 2.14 bits per heavy atom. The van der Waals surface area contributed by atoms with Gasteiger partial charge >= 0.3 is 18.4 Å². The van der Waals surface area contributed by atoms with Crippen molar-refractivity contribution in [3.05, 3.63) is 34.8 Å². The molecule has 2 aromatic rings. The van der Waals surface area contributed by atoms with E-state index in [4.69, 9.17) is 14.2 Å². The van der Waals surface area contributed by atoms with Gasteiger partial charge in [0.1, 0.15) is 22.3 Å². The number of aromatic nitrogens is 2. The molecule has 0 bridgehead atoms. The number of amides is 1. The second kappa shape index (κ2) is 10.4. The van der Waals surface area contributed by atoms with E-state index in [1.807, 2.05) is 0 Å². The fraction of sp³-hybridized carbons (Fsp3) is 0.583. The lowest BCUT2D eigenvalue weighted by Crippen LogP contribution is -2.43. The normalized spacial score (nSPS) is 20.6. The van der Waals surface area contributed by atoms with E-state index < -0.39 is 52.9 Å². The monoisotopic (exact) mass is 545 g/mol. The molecular formula is C24H30F3N3O6S. The summed E-state index contributed by atoms with van der Waals surface area (Å²) in [5.41, 5.74) is -0.478. The van der Waals surface area contributed by atoms with E-state index >= 15 is 0 Å². The minimum atomic E-state index is -4.57. The van der Waals surface area contributed by atoms with Gasteiger partial charge in [-0.1, -0.05) is 35.6 Å². The third-order valence-electron chi connectivity index (χ3n) is 5.13. The number of halogens is 3. The first kappa shape index (κ1) is 28.6. The number of nitrogens with zero attached hydrogens (tertiary/aromatic N) is 3. The van der Waals surface area contributed by atoms with Gasteiger partial charge < -0.3 is 19.3 Å². The third-order valence-corrected chi connectivity index (χ3v) is 6.15. The Hall–Kier alpha value is -2.93. The Morgan fingerprint density at radius 1 is 1.03 bits per heavy atom. The van der Waals surface area contributed by atoms with Crippen LogP contribution in [0.15, 0.2) is 24.3 Å². The number of rotatable bonds is 4. The zero-order valence-electron chi connectivity index (χ0n) is 21.3. The van der Waals surface area contributed by atoms with E-state index in [0.717, 1.165) is 0 Å². The van der Waals surface area contributed by atoms with Crippen LogP contribution in [0.2, 0.25) is 0 Å². The highest BCUT2D eigenvalue weighted by Gasteiger charge is 2.47. The molecule has 1 saturated heterocycles. The number of ether oxygens (including phenoxy) is 3. The van der Waals surface area contributed by atoms with Crippen molar-refractivity contribution in [3.8, 4) is 10.6 Å². The summed E-state index contributed by atoms with van der Waals surface area (Å²) in [6.07, 6.45) is -8.35. The van der Waals surface area contributed by atoms with Crippen molar-refractivity contribution in [2.45, 2.75) is 83.6 Å². The van der Waals surface area contributed by atoms with Crippen LogP contribution in [0.3, 0.4) is 0 Å². The Morgan fingerprint density at radius 2 is 1.62 bits per heavy atom. The fourth-order valence-corrected chi connectivity index (χ4v) is 4.33. The van der Waals surface area contributed by atoms with Crippen LogP contribution in [0.4, 0.5) is 22.8 Å². The summed E-state index contributed by atoms with van der Waals surface area (Å²) in [5, 5.41) is 16.9. The minimum Gasteiger partial charge on any atom is -0.444 e. The second-order valence-corrected chi connectivity index (χ2v) is 11.6. The molecule has 9 nitrogen and oxygen atoms in total. The highest BCUT2D eigenvalue weighted by Crippen LogP contribution is 2.35. The van der Waals surface area contributed by atoms with Gasteiger partial charge in [0.05, 0.1) is 12.6 Å². The van der Waals surface area contributed by atoms with Gasteiger partial charge in [-0.2, -0.15) is 13.2 Å². The molecule has 3 atom stereocenters. The molecule has 1 aromatic carbocycles. The number of aliphatic hydroxyl groups excluding tert-OH is 1. The van der Waals surface area contributed by atoms with Crippen LogP contribution in [-0.2, 0) is 26.8 Å². The zero-order valence-corrected chi connectivity index (χ0v) is 22.1. The highest BCUT2D eigenvalue weighted by molar-refractivity contribution is 7.14. The number of carbonyl (C=O) groups excluding carboxylic acids is 2. The number of carbonyl (C=O) groups is 2. The van der Waals surface area contributed by atoms with Crippen molar-refractivity contribution >= 4 is 23.6 Å². The molecule has 1 aliphatic heterocycles. The first-order chi connectivity index (χ1) is 16.9. The van der Waals surface area contributed by atoms with E-state index in [2.05, 4.69) is 10.2 Å². The maximum Gasteiger partial charge on any atom is 0.509 e. The SMILES string of the molecule is CC(C)(C)OC(=O)O[C@H]1CN(C(=O)OC(C)(C)C)[C@H](Cc2ccc(-c3nnc(C(F)(F)F)s3)cc2)[C@@H]1O. The van der Waals surface area contributed by atoms with E-state index in [0.29, 0.717) is 22.5 Å². The smallest absolute Gasteiger partial charge is 0.444 e. The van der Waals surface area contributed by atoms with E-state index in [1.165, 1.54) is 4.90 Å². The number of aliphatic hydroxyl groups is 1. The number of hydrogen-bond acceptors (Lipinski definition) is 9. The lowest BCUT2D eigenvalue weighted by atomic mass is 10.00. The molecule has 1 aliphatic rings. The molecule has 204 valence electrons. The van der Waals surface area contributed by atoms with Crippen LogP contribution in [-0.4, -0.2) is 68.4 Å². The quantitative estimate of drug-likeness (QED) is 0.531. The third kappa shape index (κ3) is 7.78. The van der Waals surface area contributed by atoms with Gasteiger partial charge in [-0.25, -0.2) is 9.59 Å². The number of alkyl halides is 3. The summed E-state index contributed by atoms with van der Waals surface area (Å²) in [7, 11) is 0. The molecule has 1 aromatic heterocycles. The first-order valence-electron chi connectivity index (χ1n) is 11.5. The molecule has 2 heterocycles. The number of benzene rings is 1. The first-order valence-corrected chi connectivity index (χ1v) is 12.3. The predicted molar refractivity (Wildman–Crippen MR) is 128 cm³/mol. The average Bonchev–Trinajstić information content (AvgIpc) is 3.33. The summed E-state index contributed by atoms with van der Waals surface area (Å²) >= 11 is 0.434. The lowest BCUT2D eigenvalue weighted by Gasteiger charge is -2.29. The number of hydrogen-bond donors (Lipinski definition) is 1. The van der Waals surface area contributed by atoms with E-state index in [1.54, 1.807) is 65.8 Å². The molecule has 0 saturated carbocycles. The van der Waals surface area contributed by atoms with E-state index in [-0.39, 0.29) is 18.0 Å². The van der Waals surface area contributed by atoms with Crippen molar-refractivity contribution < 1.29 is 42.1 Å². The van der Waals surface area contributed by atoms with Gasteiger partial charge in [-0.15, -0.1) is 10.2 Å². The van der Waals surface area contributed by atoms with Crippen LogP contribution in [0, 0.1) is 0 Å².